The first kappa shape index (κ1) is 14.3. The predicted octanol–water partition coefficient (Wildman–Crippen LogP) is 2.66. The zero-order valence-electron chi connectivity index (χ0n) is 11.7. The van der Waals surface area contributed by atoms with Crippen LogP contribution < -0.4 is 10.6 Å². The minimum atomic E-state index is -0.395. The molecule has 0 saturated carbocycles. The van der Waals surface area contributed by atoms with E-state index in [1.165, 1.54) is 0 Å². The standard InChI is InChI=1S/C15H19N3O2/c1-3-9-16-14(12-7-5-4-6-8-12)15(19)17-13-10-11(2)20-18-13/h4-8,10,14,16H,3,9H2,1-2H3,(H,17,18,19). The monoisotopic (exact) mass is 273 g/mol. The van der Waals surface area contributed by atoms with Crippen LogP contribution in [0.4, 0.5) is 5.82 Å². The smallest absolute Gasteiger partial charge is 0.247 e. The summed E-state index contributed by atoms with van der Waals surface area (Å²) >= 11 is 0. The molecule has 2 rings (SSSR count). The molecule has 0 saturated heterocycles. The number of nitrogens with one attached hydrogen (secondary N) is 2. The van der Waals surface area contributed by atoms with Gasteiger partial charge in [-0.15, -0.1) is 0 Å². The summed E-state index contributed by atoms with van der Waals surface area (Å²) in [6, 6.07) is 10.9. The van der Waals surface area contributed by atoms with E-state index in [9.17, 15) is 4.79 Å². The van der Waals surface area contributed by atoms with Gasteiger partial charge in [0.2, 0.25) is 5.91 Å². The fourth-order valence-corrected chi connectivity index (χ4v) is 1.92. The molecule has 1 atom stereocenters. The SMILES string of the molecule is CCCNC(C(=O)Nc1cc(C)on1)c1ccccc1. The molecule has 2 N–H and O–H groups in total. The average molecular weight is 273 g/mol. The Kier molecular flexibility index (Phi) is 4.90. The summed E-state index contributed by atoms with van der Waals surface area (Å²) in [6.45, 7) is 4.62. The molecule has 20 heavy (non-hydrogen) atoms. The van der Waals surface area contributed by atoms with Gasteiger partial charge in [-0.05, 0) is 25.5 Å². The third-order valence-electron chi connectivity index (χ3n) is 2.87. The molecular weight excluding hydrogens is 254 g/mol. The lowest BCUT2D eigenvalue weighted by atomic mass is 10.1. The number of anilines is 1. The highest BCUT2D eigenvalue weighted by atomic mass is 16.5. The Morgan fingerprint density at radius 3 is 2.70 bits per heavy atom. The summed E-state index contributed by atoms with van der Waals surface area (Å²) in [6.07, 6.45) is 0.958. The normalized spacial score (nSPS) is 12.1. The highest BCUT2D eigenvalue weighted by molar-refractivity contribution is 5.94. The van der Waals surface area contributed by atoms with Crippen molar-refractivity contribution in [1.29, 1.82) is 0 Å². The number of carbonyl (C=O) groups excluding carboxylic acids is 1. The molecule has 1 heterocycles. The van der Waals surface area contributed by atoms with Crippen LogP contribution in [-0.4, -0.2) is 17.6 Å². The first-order valence-corrected chi connectivity index (χ1v) is 6.73. The number of hydrogen-bond donors (Lipinski definition) is 2. The molecule has 1 aromatic heterocycles. The number of aryl methyl sites for hydroxylation is 1. The van der Waals surface area contributed by atoms with Gasteiger partial charge >= 0.3 is 0 Å². The van der Waals surface area contributed by atoms with Crippen LogP contribution in [0.5, 0.6) is 0 Å². The van der Waals surface area contributed by atoms with Gasteiger partial charge in [-0.25, -0.2) is 0 Å². The van der Waals surface area contributed by atoms with Gasteiger partial charge < -0.3 is 15.2 Å². The third kappa shape index (κ3) is 3.68. The molecular formula is C15H19N3O2. The number of aromatic nitrogens is 1. The Morgan fingerprint density at radius 2 is 2.10 bits per heavy atom. The quantitative estimate of drug-likeness (QED) is 0.849. The molecule has 1 unspecified atom stereocenters. The van der Waals surface area contributed by atoms with Crippen molar-refractivity contribution in [2.24, 2.45) is 0 Å². The molecule has 5 heteroatoms. The summed E-state index contributed by atoms with van der Waals surface area (Å²) in [4.78, 5) is 12.4. The summed E-state index contributed by atoms with van der Waals surface area (Å²) in [7, 11) is 0. The molecule has 0 aliphatic rings. The predicted molar refractivity (Wildman–Crippen MR) is 77.3 cm³/mol. The second-order valence-corrected chi connectivity index (χ2v) is 4.61. The Labute approximate surface area is 118 Å². The topological polar surface area (TPSA) is 67.2 Å². The molecule has 0 aliphatic carbocycles. The number of carbonyl (C=O) groups is 1. The zero-order valence-corrected chi connectivity index (χ0v) is 11.7. The number of nitrogens with zero attached hydrogens (tertiary/aromatic N) is 1. The second kappa shape index (κ2) is 6.86. The minimum Gasteiger partial charge on any atom is -0.360 e. The van der Waals surface area contributed by atoms with Gasteiger partial charge in [-0.3, -0.25) is 4.79 Å². The van der Waals surface area contributed by atoms with Crippen LogP contribution >= 0.6 is 0 Å². The molecule has 0 spiro atoms. The Hall–Kier alpha value is -2.14. The summed E-state index contributed by atoms with van der Waals surface area (Å²) in [5.74, 6) is 0.961. The van der Waals surface area contributed by atoms with E-state index >= 15 is 0 Å². The van der Waals surface area contributed by atoms with E-state index in [1.807, 2.05) is 30.3 Å². The summed E-state index contributed by atoms with van der Waals surface area (Å²) in [5.41, 5.74) is 0.929. The number of hydrogen-bond acceptors (Lipinski definition) is 4. The largest absolute Gasteiger partial charge is 0.360 e. The first-order chi connectivity index (χ1) is 9.70. The lowest BCUT2D eigenvalue weighted by Crippen LogP contribution is -2.33. The van der Waals surface area contributed by atoms with Gasteiger partial charge in [-0.2, -0.15) is 0 Å². The van der Waals surface area contributed by atoms with Crippen LogP contribution in [0.25, 0.3) is 0 Å². The molecule has 2 aromatic rings. The molecule has 1 amide bonds. The van der Waals surface area contributed by atoms with Crippen molar-refractivity contribution in [3.63, 3.8) is 0 Å². The van der Waals surface area contributed by atoms with E-state index in [0.717, 1.165) is 18.5 Å². The van der Waals surface area contributed by atoms with E-state index in [-0.39, 0.29) is 5.91 Å². The highest BCUT2D eigenvalue weighted by Crippen LogP contribution is 2.16. The van der Waals surface area contributed by atoms with Gasteiger partial charge in [-0.1, -0.05) is 42.4 Å². The van der Waals surface area contributed by atoms with E-state index in [1.54, 1.807) is 13.0 Å². The van der Waals surface area contributed by atoms with Crippen LogP contribution in [0.15, 0.2) is 40.9 Å². The van der Waals surface area contributed by atoms with Gasteiger partial charge in [0, 0.05) is 6.07 Å². The molecule has 5 nitrogen and oxygen atoms in total. The molecule has 106 valence electrons. The Bertz CT molecular complexity index is 551. The van der Waals surface area contributed by atoms with Crippen molar-refractivity contribution in [2.45, 2.75) is 26.3 Å². The number of benzene rings is 1. The highest BCUT2D eigenvalue weighted by Gasteiger charge is 2.20. The van der Waals surface area contributed by atoms with E-state index in [0.29, 0.717) is 11.6 Å². The van der Waals surface area contributed by atoms with Gasteiger partial charge in [0.25, 0.3) is 0 Å². The Morgan fingerprint density at radius 1 is 1.35 bits per heavy atom. The summed E-state index contributed by atoms with van der Waals surface area (Å²) in [5, 5.41) is 9.78. The van der Waals surface area contributed by atoms with Crippen molar-refractivity contribution in [1.82, 2.24) is 10.5 Å². The molecule has 1 aromatic carbocycles. The fraction of sp³-hybridized carbons (Fsp3) is 0.333. The maximum atomic E-state index is 12.4. The fourth-order valence-electron chi connectivity index (χ4n) is 1.92. The Balaban J connectivity index is 2.11. The van der Waals surface area contributed by atoms with E-state index in [2.05, 4.69) is 22.7 Å². The minimum absolute atomic E-state index is 0.141. The molecule has 0 radical (unpaired) electrons. The average Bonchev–Trinajstić information content (AvgIpc) is 2.86. The van der Waals surface area contributed by atoms with E-state index < -0.39 is 6.04 Å². The lowest BCUT2D eigenvalue weighted by Gasteiger charge is -2.17. The summed E-state index contributed by atoms with van der Waals surface area (Å²) < 4.78 is 4.95. The molecule has 0 fully saturated rings. The van der Waals surface area contributed by atoms with Gasteiger partial charge in [0.1, 0.15) is 11.8 Å². The second-order valence-electron chi connectivity index (χ2n) is 4.61. The van der Waals surface area contributed by atoms with Crippen molar-refractivity contribution in [3.05, 3.63) is 47.7 Å². The van der Waals surface area contributed by atoms with Crippen LogP contribution in [0, 0.1) is 6.92 Å². The zero-order chi connectivity index (χ0) is 14.4. The molecule has 0 aliphatic heterocycles. The lowest BCUT2D eigenvalue weighted by molar-refractivity contribution is -0.118. The molecule has 0 bridgehead atoms. The van der Waals surface area contributed by atoms with Gasteiger partial charge in [0.15, 0.2) is 5.82 Å². The third-order valence-corrected chi connectivity index (χ3v) is 2.87. The van der Waals surface area contributed by atoms with Crippen LogP contribution in [-0.2, 0) is 4.79 Å². The maximum Gasteiger partial charge on any atom is 0.247 e. The number of amides is 1. The van der Waals surface area contributed by atoms with Crippen LogP contribution in [0.1, 0.15) is 30.7 Å². The van der Waals surface area contributed by atoms with Crippen molar-refractivity contribution >= 4 is 11.7 Å². The first-order valence-electron chi connectivity index (χ1n) is 6.73. The van der Waals surface area contributed by atoms with E-state index in [4.69, 9.17) is 4.52 Å². The van der Waals surface area contributed by atoms with Crippen molar-refractivity contribution in [3.8, 4) is 0 Å². The van der Waals surface area contributed by atoms with Gasteiger partial charge in [0.05, 0.1) is 0 Å². The maximum absolute atomic E-state index is 12.4. The number of rotatable bonds is 6. The van der Waals surface area contributed by atoms with Crippen molar-refractivity contribution in [2.75, 3.05) is 11.9 Å². The van der Waals surface area contributed by atoms with Crippen LogP contribution in [0.2, 0.25) is 0 Å². The van der Waals surface area contributed by atoms with Crippen molar-refractivity contribution < 1.29 is 9.32 Å². The van der Waals surface area contributed by atoms with Crippen LogP contribution in [0.3, 0.4) is 0 Å².